The zero-order valence-electron chi connectivity index (χ0n) is 13.2. The van der Waals surface area contributed by atoms with Gasteiger partial charge in [-0.15, -0.1) is 0 Å². The highest BCUT2D eigenvalue weighted by atomic mass is 35.5. The maximum absolute atomic E-state index is 11.8. The molecule has 0 spiro atoms. The topological polar surface area (TPSA) is 81.9 Å². The maximum Gasteiger partial charge on any atom is 0.410 e. The van der Waals surface area contributed by atoms with Gasteiger partial charge in [-0.3, -0.25) is 10.1 Å². The highest BCUT2D eigenvalue weighted by Gasteiger charge is 2.34. The Morgan fingerprint density at radius 3 is 2.65 bits per heavy atom. The summed E-state index contributed by atoms with van der Waals surface area (Å²) < 4.78 is 10.8. The van der Waals surface area contributed by atoms with Crippen molar-refractivity contribution in [2.24, 2.45) is 5.92 Å². The summed E-state index contributed by atoms with van der Waals surface area (Å²) in [4.78, 5) is 23.6. The number of nitro groups is 1. The van der Waals surface area contributed by atoms with Crippen molar-refractivity contribution >= 4 is 23.4 Å². The number of hydrogen-bond acceptors (Lipinski definition) is 5. The number of ether oxygens (including phenoxy) is 2. The van der Waals surface area contributed by atoms with Gasteiger partial charge in [-0.05, 0) is 26.8 Å². The lowest BCUT2D eigenvalue weighted by Crippen LogP contribution is -2.53. The summed E-state index contributed by atoms with van der Waals surface area (Å²) in [5, 5.41) is 11.1. The molecule has 1 saturated heterocycles. The van der Waals surface area contributed by atoms with Crippen molar-refractivity contribution in [1.29, 1.82) is 0 Å². The normalized spacial score (nSPS) is 15.0. The smallest absolute Gasteiger partial charge is 0.410 e. The van der Waals surface area contributed by atoms with Crippen LogP contribution in [0, 0.1) is 16.0 Å². The Bertz CT molecular complexity index is 608. The Kier molecular flexibility index (Phi) is 4.99. The predicted octanol–water partition coefficient (Wildman–Crippen LogP) is 3.49. The average molecular weight is 343 g/mol. The van der Waals surface area contributed by atoms with Crippen LogP contribution in [0.5, 0.6) is 5.75 Å². The molecule has 7 nitrogen and oxygen atoms in total. The van der Waals surface area contributed by atoms with Gasteiger partial charge in [-0.1, -0.05) is 11.6 Å². The molecular formula is C15H19ClN2O5. The standard InChI is InChI=1S/C15H19ClN2O5/c1-15(2,3)23-14(19)17-7-10(8-17)9-22-13-6-11(18(20)21)4-5-12(13)16/h4-6,10H,7-9H2,1-3H3. The molecule has 2 rings (SSSR count). The minimum absolute atomic E-state index is 0.0756. The molecule has 1 heterocycles. The first-order chi connectivity index (χ1) is 10.7. The molecule has 1 aliphatic heterocycles. The van der Waals surface area contributed by atoms with Gasteiger partial charge in [0.05, 0.1) is 22.6 Å². The van der Waals surface area contributed by atoms with Crippen molar-refractivity contribution in [1.82, 2.24) is 4.90 Å². The number of benzene rings is 1. The van der Waals surface area contributed by atoms with E-state index in [1.807, 2.05) is 20.8 Å². The molecule has 0 aromatic heterocycles. The van der Waals surface area contributed by atoms with Crippen LogP contribution in [0.15, 0.2) is 18.2 Å². The summed E-state index contributed by atoms with van der Waals surface area (Å²) in [6.07, 6.45) is -0.345. The monoisotopic (exact) mass is 342 g/mol. The van der Waals surface area contributed by atoms with Gasteiger partial charge >= 0.3 is 6.09 Å². The van der Waals surface area contributed by atoms with E-state index in [1.54, 1.807) is 4.90 Å². The van der Waals surface area contributed by atoms with Crippen LogP contribution >= 0.6 is 11.6 Å². The van der Waals surface area contributed by atoms with E-state index in [1.165, 1.54) is 18.2 Å². The average Bonchev–Trinajstić information content (AvgIpc) is 2.36. The summed E-state index contributed by atoms with van der Waals surface area (Å²) in [5.41, 5.74) is -0.594. The van der Waals surface area contributed by atoms with Crippen molar-refractivity contribution in [2.45, 2.75) is 26.4 Å². The van der Waals surface area contributed by atoms with Crippen molar-refractivity contribution < 1.29 is 19.2 Å². The fourth-order valence-corrected chi connectivity index (χ4v) is 2.25. The van der Waals surface area contributed by atoms with Crippen LogP contribution in [0.4, 0.5) is 10.5 Å². The Morgan fingerprint density at radius 2 is 2.09 bits per heavy atom. The van der Waals surface area contributed by atoms with Crippen molar-refractivity contribution in [3.8, 4) is 5.75 Å². The molecule has 8 heteroatoms. The molecule has 23 heavy (non-hydrogen) atoms. The number of non-ortho nitro benzene ring substituents is 1. The maximum atomic E-state index is 11.8. The van der Waals surface area contributed by atoms with E-state index in [9.17, 15) is 14.9 Å². The summed E-state index contributed by atoms with van der Waals surface area (Å²) in [6, 6.07) is 4.05. The summed E-state index contributed by atoms with van der Waals surface area (Å²) in [5.74, 6) is 0.425. The molecular weight excluding hydrogens is 324 g/mol. The molecule has 1 aromatic rings. The van der Waals surface area contributed by atoms with Crippen molar-refractivity contribution in [2.75, 3.05) is 19.7 Å². The van der Waals surface area contributed by atoms with Gasteiger partial charge in [0, 0.05) is 25.1 Å². The zero-order valence-corrected chi connectivity index (χ0v) is 14.0. The minimum atomic E-state index is -0.519. The second-order valence-corrected chi connectivity index (χ2v) is 6.84. The van der Waals surface area contributed by atoms with Gasteiger partial charge in [-0.25, -0.2) is 4.79 Å². The number of halogens is 1. The largest absolute Gasteiger partial charge is 0.491 e. The summed E-state index contributed by atoms with van der Waals surface area (Å²) in [6.45, 7) is 6.84. The lowest BCUT2D eigenvalue weighted by Gasteiger charge is -2.39. The zero-order chi connectivity index (χ0) is 17.2. The number of carbonyl (C=O) groups is 1. The molecule has 1 aromatic carbocycles. The van der Waals surface area contributed by atoms with Crippen LogP contribution in [0.2, 0.25) is 5.02 Å². The van der Waals surface area contributed by atoms with Gasteiger partial charge in [-0.2, -0.15) is 0 Å². The van der Waals surface area contributed by atoms with Crippen LogP contribution in [-0.4, -0.2) is 41.2 Å². The second-order valence-electron chi connectivity index (χ2n) is 6.43. The lowest BCUT2D eigenvalue weighted by molar-refractivity contribution is -0.384. The molecule has 0 N–H and O–H groups in total. The molecule has 0 aliphatic carbocycles. The van der Waals surface area contributed by atoms with Crippen molar-refractivity contribution in [3.63, 3.8) is 0 Å². The molecule has 0 bridgehead atoms. The highest BCUT2D eigenvalue weighted by molar-refractivity contribution is 6.32. The third-order valence-corrected chi connectivity index (χ3v) is 3.52. The van der Waals surface area contributed by atoms with E-state index < -0.39 is 10.5 Å². The van der Waals surface area contributed by atoms with E-state index >= 15 is 0 Å². The molecule has 126 valence electrons. The number of nitro benzene ring substituents is 1. The van der Waals surface area contributed by atoms with Crippen LogP contribution in [-0.2, 0) is 4.74 Å². The van der Waals surface area contributed by atoms with Crippen LogP contribution in [0.1, 0.15) is 20.8 Å². The van der Waals surface area contributed by atoms with Gasteiger partial charge in [0.1, 0.15) is 11.4 Å². The Balaban J connectivity index is 1.82. The predicted molar refractivity (Wildman–Crippen MR) is 84.9 cm³/mol. The Hall–Kier alpha value is -2.02. The van der Waals surface area contributed by atoms with E-state index in [0.717, 1.165) is 0 Å². The lowest BCUT2D eigenvalue weighted by atomic mass is 10.0. The molecule has 0 atom stereocenters. The first-order valence-electron chi connectivity index (χ1n) is 7.20. The number of likely N-dealkylation sites (tertiary alicyclic amines) is 1. The van der Waals surface area contributed by atoms with E-state index in [-0.39, 0.29) is 23.4 Å². The second kappa shape index (κ2) is 6.62. The minimum Gasteiger partial charge on any atom is -0.491 e. The number of carbonyl (C=O) groups excluding carboxylic acids is 1. The van der Waals surface area contributed by atoms with E-state index in [4.69, 9.17) is 21.1 Å². The Morgan fingerprint density at radius 1 is 1.43 bits per heavy atom. The van der Waals surface area contributed by atoms with Gasteiger partial charge in [0.2, 0.25) is 0 Å². The van der Waals surface area contributed by atoms with Crippen LogP contribution < -0.4 is 4.74 Å². The van der Waals surface area contributed by atoms with Crippen LogP contribution in [0.25, 0.3) is 0 Å². The van der Waals surface area contributed by atoms with E-state index in [0.29, 0.717) is 24.7 Å². The summed E-state index contributed by atoms with van der Waals surface area (Å²) >= 11 is 5.97. The van der Waals surface area contributed by atoms with Gasteiger partial charge < -0.3 is 14.4 Å². The van der Waals surface area contributed by atoms with Gasteiger partial charge in [0.25, 0.3) is 5.69 Å². The molecule has 0 radical (unpaired) electrons. The molecule has 1 amide bonds. The molecule has 1 aliphatic rings. The van der Waals surface area contributed by atoms with E-state index in [2.05, 4.69) is 0 Å². The fourth-order valence-electron chi connectivity index (χ4n) is 2.07. The third kappa shape index (κ3) is 4.72. The highest BCUT2D eigenvalue weighted by Crippen LogP contribution is 2.30. The first-order valence-corrected chi connectivity index (χ1v) is 7.58. The number of hydrogen-bond donors (Lipinski definition) is 0. The quantitative estimate of drug-likeness (QED) is 0.618. The molecule has 0 unspecified atom stereocenters. The number of amides is 1. The summed E-state index contributed by atoms with van der Waals surface area (Å²) in [7, 11) is 0. The fraction of sp³-hybridized carbons (Fsp3) is 0.533. The number of rotatable bonds is 4. The Labute approximate surface area is 139 Å². The third-order valence-electron chi connectivity index (χ3n) is 3.21. The SMILES string of the molecule is CC(C)(C)OC(=O)N1CC(COc2cc([N+](=O)[O-])ccc2Cl)C1. The van der Waals surface area contributed by atoms with Gasteiger partial charge in [0.15, 0.2) is 0 Å². The molecule has 0 saturated carbocycles. The first kappa shape index (κ1) is 17.3. The van der Waals surface area contributed by atoms with Crippen LogP contribution in [0.3, 0.4) is 0 Å². The van der Waals surface area contributed by atoms with Crippen molar-refractivity contribution in [3.05, 3.63) is 33.3 Å². The number of nitrogens with zero attached hydrogens (tertiary/aromatic N) is 2. The molecule has 1 fully saturated rings.